The Labute approximate surface area is 200 Å². The van der Waals surface area contributed by atoms with Crippen LogP contribution in [0.2, 0.25) is 0 Å². The lowest BCUT2D eigenvalue weighted by molar-refractivity contribution is -0.123. The largest absolute Gasteiger partial charge is 0.492 e. The zero-order valence-electron chi connectivity index (χ0n) is 19.8. The molecule has 6 nitrogen and oxygen atoms in total. The van der Waals surface area contributed by atoms with E-state index in [0.717, 1.165) is 35.4 Å². The van der Waals surface area contributed by atoms with Crippen molar-refractivity contribution in [3.8, 4) is 11.5 Å². The van der Waals surface area contributed by atoms with Crippen LogP contribution in [0, 0.1) is 13.8 Å². The van der Waals surface area contributed by atoms with E-state index in [1.807, 2.05) is 48.5 Å². The number of carbonyl (C=O) groups excluding carboxylic acids is 1. The Hall–Kier alpha value is -3.80. The molecule has 0 saturated carbocycles. The molecule has 0 fully saturated rings. The monoisotopic (exact) mass is 457 g/mol. The van der Waals surface area contributed by atoms with Gasteiger partial charge in [0, 0.05) is 13.0 Å². The molecule has 3 aromatic carbocycles. The minimum absolute atomic E-state index is 0.0122. The molecule has 1 aromatic heterocycles. The molecule has 1 amide bonds. The van der Waals surface area contributed by atoms with Crippen molar-refractivity contribution in [2.24, 2.45) is 0 Å². The number of rotatable bonds is 11. The maximum absolute atomic E-state index is 12.1. The van der Waals surface area contributed by atoms with E-state index >= 15 is 0 Å². The van der Waals surface area contributed by atoms with Crippen molar-refractivity contribution in [2.75, 3.05) is 19.8 Å². The zero-order chi connectivity index (χ0) is 23.8. The number of ether oxygens (including phenoxy) is 2. The van der Waals surface area contributed by atoms with Crippen molar-refractivity contribution in [2.45, 2.75) is 33.2 Å². The van der Waals surface area contributed by atoms with E-state index in [1.54, 1.807) is 0 Å². The fraction of sp³-hybridized carbons (Fsp3) is 0.286. The summed E-state index contributed by atoms with van der Waals surface area (Å²) in [5.74, 6) is 2.46. The summed E-state index contributed by atoms with van der Waals surface area (Å²) in [5, 5.41) is 2.93. The van der Waals surface area contributed by atoms with Gasteiger partial charge in [-0.05, 0) is 67.8 Å². The third-order valence-electron chi connectivity index (χ3n) is 5.52. The number of hydrogen-bond donors (Lipinski definition) is 1. The second-order valence-electron chi connectivity index (χ2n) is 8.40. The van der Waals surface area contributed by atoms with Crippen molar-refractivity contribution >= 4 is 16.9 Å². The predicted octanol–water partition coefficient (Wildman–Crippen LogP) is 4.86. The molecule has 176 valence electrons. The molecule has 0 aliphatic carbocycles. The van der Waals surface area contributed by atoms with E-state index in [9.17, 15) is 4.79 Å². The van der Waals surface area contributed by atoms with Gasteiger partial charge in [-0.1, -0.05) is 36.4 Å². The SMILES string of the molecule is Cc1cc(C)cc(OCCn2c(CCCNC(=O)COc3ccccc3)nc3ccccc32)c1. The topological polar surface area (TPSA) is 65.4 Å². The number of nitrogens with zero attached hydrogens (tertiary/aromatic N) is 2. The van der Waals surface area contributed by atoms with Gasteiger partial charge in [-0.3, -0.25) is 4.79 Å². The molecule has 1 N–H and O–H groups in total. The molecule has 0 aliphatic rings. The Kier molecular flexibility index (Phi) is 7.81. The molecular weight excluding hydrogens is 426 g/mol. The minimum Gasteiger partial charge on any atom is -0.492 e. The van der Waals surface area contributed by atoms with Gasteiger partial charge >= 0.3 is 0 Å². The summed E-state index contributed by atoms with van der Waals surface area (Å²) in [6.45, 7) is 6.00. The van der Waals surface area contributed by atoms with Gasteiger partial charge in [0.25, 0.3) is 5.91 Å². The molecule has 34 heavy (non-hydrogen) atoms. The van der Waals surface area contributed by atoms with Crippen molar-refractivity contribution in [1.29, 1.82) is 0 Å². The van der Waals surface area contributed by atoms with Gasteiger partial charge in [-0.15, -0.1) is 0 Å². The summed E-state index contributed by atoms with van der Waals surface area (Å²) >= 11 is 0. The first-order chi connectivity index (χ1) is 16.6. The lowest BCUT2D eigenvalue weighted by Gasteiger charge is -2.12. The number of hydrogen-bond acceptors (Lipinski definition) is 4. The van der Waals surface area contributed by atoms with Gasteiger partial charge in [0.1, 0.15) is 23.9 Å². The van der Waals surface area contributed by atoms with Gasteiger partial charge in [0.2, 0.25) is 0 Å². The van der Waals surface area contributed by atoms with Crippen LogP contribution in [0.1, 0.15) is 23.4 Å². The van der Waals surface area contributed by atoms with E-state index < -0.39 is 0 Å². The summed E-state index contributed by atoms with van der Waals surface area (Å²) in [5.41, 5.74) is 4.46. The molecule has 0 saturated heterocycles. The Morgan fingerprint density at radius 1 is 0.912 bits per heavy atom. The van der Waals surface area contributed by atoms with Crippen LogP contribution in [0.3, 0.4) is 0 Å². The fourth-order valence-corrected chi connectivity index (χ4v) is 4.03. The maximum atomic E-state index is 12.1. The van der Waals surface area contributed by atoms with Crippen LogP contribution >= 0.6 is 0 Å². The third-order valence-corrected chi connectivity index (χ3v) is 5.52. The number of nitrogens with one attached hydrogen (secondary N) is 1. The number of imidazole rings is 1. The Morgan fingerprint density at radius 3 is 2.44 bits per heavy atom. The van der Waals surface area contributed by atoms with Crippen molar-refractivity contribution < 1.29 is 14.3 Å². The molecule has 0 bridgehead atoms. The highest BCUT2D eigenvalue weighted by molar-refractivity contribution is 5.77. The smallest absolute Gasteiger partial charge is 0.257 e. The Bertz CT molecular complexity index is 1210. The number of aromatic nitrogens is 2. The first kappa shape index (κ1) is 23.4. The highest BCUT2D eigenvalue weighted by Crippen LogP contribution is 2.19. The van der Waals surface area contributed by atoms with Crippen LogP contribution < -0.4 is 14.8 Å². The van der Waals surface area contributed by atoms with Crippen molar-refractivity contribution in [3.63, 3.8) is 0 Å². The summed E-state index contributed by atoms with van der Waals surface area (Å²) in [6.07, 6.45) is 1.55. The molecule has 4 rings (SSSR count). The third kappa shape index (κ3) is 6.38. The number of benzene rings is 3. The number of fused-ring (bicyclic) bond motifs is 1. The molecule has 1 heterocycles. The summed E-state index contributed by atoms with van der Waals surface area (Å²) in [4.78, 5) is 16.9. The quantitative estimate of drug-likeness (QED) is 0.327. The van der Waals surface area contributed by atoms with Crippen molar-refractivity contribution in [1.82, 2.24) is 14.9 Å². The molecule has 0 unspecified atom stereocenters. The zero-order valence-corrected chi connectivity index (χ0v) is 19.8. The summed E-state index contributed by atoms with van der Waals surface area (Å²) in [6, 6.07) is 23.8. The van der Waals surface area contributed by atoms with E-state index in [4.69, 9.17) is 14.5 Å². The second kappa shape index (κ2) is 11.4. The van der Waals surface area contributed by atoms with Gasteiger partial charge in [0.05, 0.1) is 17.6 Å². The highest BCUT2D eigenvalue weighted by Gasteiger charge is 2.11. The van der Waals surface area contributed by atoms with Crippen LogP contribution in [0.5, 0.6) is 11.5 Å². The molecular formula is C28H31N3O3. The van der Waals surface area contributed by atoms with Crippen LogP contribution in [0.25, 0.3) is 11.0 Å². The molecule has 0 atom stereocenters. The number of amides is 1. The normalized spacial score (nSPS) is 10.9. The number of carbonyl (C=O) groups is 1. The van der Waals surface area contributed by atoms with E-state index in [2.05, 4.69) is 48.0 Å². The van der Waals surface area contributed by atoms with Crippen LogP contribution in [-0.2, 0) is 17.8 Å². The first-order valence-electron chi connectivity index (χ1n) is 11.7. The summed E-state index contributed by atoms with van der Waals surface area (Å²) < 4.78 is 13.8. The Morgan fingerprint density at radius 2 is 1.65 bits per heavy atom. The van der Waals surface area contributed by atoms with Gasteiger partial charge in [-0.25, -0.2) is 4.98 Å². The lowest BCUT2D eigenvalue weighted by atomic mass is 10.1. The Balaban J connectivity index is 1.30. The molecule has 6 heteroatoms. The van der Waals surface area contributed by atoms with Gasteiger partial charge in [0.15, 0.2) is 6.61 Å². The average Bonchev–Trinajstić information content (AvgIpc) is 3.18. The molecule has 0 aliphatic heterocycles. The fourth-order valence-electron chi connectivity index (χ4n) is 4.03. The molecule has 4 aromatic rings. The molecule has 0 spiro atoms. The van der Waals surface area contributed by atoms with Crippen molar-refractivity contribution in [3.05, 3.63) is 89.7 Å². The van der Waals surface area contributed by atoms with Crippen LogP contribution in [-0.4, -0.2) is 35.2 Å². The van der Waals surface area contributed by atoms with Gasteiger partial charge in [-0.2, -0.15) is 0 Å². The van der Waals surface area contributed by atoms with Gasteiger partial charge < -0.3 is 19.4 Å². The van der Waals surface area contributed by atoms with Crippen LogP contribution in [0.4, 0.5) is 0 Å². The van der Waals surface area contributed by atoms with E-state index in [-0.39, 0.29) is 12.5 Å². The minimum atomic E-state index is -0.126. The average molecular weight is 458 g/mol. The first-order valence-corrected chi connectivity index (χ1v) is 11.7. The van der Waals surface area contributed by atoms with E-state index in [0.29, 0.717) is 25.4 Å². The maximum Gasteiger partial charge on any atom is 0.257 e. The summed E-state index contributed by atoms with van der Waals surface area (Å²) in [7, 11) is 0. The second-order valence-corrected chi connectivity index (χ2v) is 8.40. The highest BCUT2D eigenvalue weighted by atomic mass is 16.5. The van der Waals surface area contributed by atoms with E-state index in [1.165, 1.54) is 11.1 Å². The van der Waals surface area contributed by atoms with Crippen LogP contribution in [0.15, 0.2) is 72.8 Å². The standard InChI is InChI=1S/C28H31N3O3/c1-21-17-22(2)19-24(18-21)33-16-15-31-26-12-7-6-11-25(26)30-27(31)13-8-14-29-28(32)20-34-23-9-4-3-5-10-23/h3-7,9-12,17-19H,8,13-16,20H2,1-2H3,(H,29,32). The predicted molar refractivity (Wildman–Crippen MR) is 134 cm³/mol. The molecule has 0 radical (unpaired) electrons. The lowest BCUT2D eigenvalue weighted by Crippen LogP contribution is -2.30. The number of para-hydroxylation sites is 3. The number of aryl methyl sites for hydroxylation is 3.